The molecule has 158 valence electrons. The number of ether oxygens (including phenoxy) is 2. The summed E-state index contributed by atoms with van der Waals surface area (Å²) in [5, 5.41) is 0. The molecule has 1 aromatic heterocycles. The molecular formula is C24H19F2NO4. The van der Waals surface area contributed by atoms with Crippen LogP contribution in [-0.2, 0) is 21.4 Å². The van der Waals surface area contributed by atoms with Gasteiger partial charge in [-0.3, -0.25) is 14.6 Å². The van der Waals surface area contributed by atoms with Gasteiger partial charge in [-0.25, -0.2) is 0 Å². The molecule has 0 atom stereocenters. The smallest absolute Gasteiger partial charge is 0.395 e. The van der Waals surface area contributed by atoms with Crippen LogP contribution < -0.4 is 9.47 Å². The number of halogens is 2. The minimum absolute atomic E-state index is 0.00878. The maximum absolute atomic E-state index is 13.3. The highest BCUT2D eigenvalue weighted by Crippen LogP contribution is 2.52. The lowest BCUT2D eigenvalue weighted by Gasteiger charge is -2.16. The summed E-state index contributed by atoms with van der Waals surface area (Å²) < 4.78 is 35.7. The number of ketones is 2. The van der Waals surface area contributed by atoms with Crippen molar-refractivity contribution in [2.75, 3.05) is 0 Å². The molecule has 0 amide bonds. The van der Waals surface area contributed by atoms with Crippen molar-refractivity contribution in [3.05, 3.63) is 71.1 Å². The highest BCUT2D eigenvalue weighted by Gasteiger charge is 2.52. The van der Waals surface area contributed by atoms with Crippen molar-refractivity contribution in [2.45, 2.75) is 44.3 Å². The van der Waals surface area contributed by atoms with Crippen LogP contribution in [0.15, 0.2) is 48.6 Å². The Bertz CT molecular complexity index is 1180. The molecule has 0 unspecified atom stereocenters. The second-order valence-electron chi connectivity index (χ2n) is 8.20. The number of alkyl halides is 2. The molecule has 3 aliphatic rings. The first kappa shape index (κ1) is 19.6. The molecule has 0 bridgehead atoms. The minimum atomic E-state index is -3.68. The number of hydrogen-bond donors (Lipinski definition) is 0. The van der Waals surface area contributed by atoms with Crippen LogP contribution in [-0.4, -0.2) is 22.8 Å². The van der Waals surface area contributed by atoms with Crippen LogP contribution in [0.4, 0.5) is 8.78 Å². The van der Waals surface area contributed by atoms with Crippen molar-refractivity contribution >= 4 is 17.1 Å². The van der Waals surface area contributed by atoms with E-state index in [1.54, 1.807) is 12.1 Å². The van der Waals surface area contributed by atoms with E-state index in [2.05, 4.69) is 14.5 Å². The van der Waals surface area contributed by atoms with Crippen molar-refractivity contribution < 1.29 is 27.8 Å². The van der Waals surface area contributed by atoms with Gasteiger partial charge >= 0.3 is 6.29 Å². The van der Waals surface area contributed by atoms with Gasteiger partial charge in [-0.1, -0.05) is 12.1 Å². The zero-order valence-electron chi connectivity index (χ0n) is 16.8. The van der Waals surface area contributed by atoms with Gasteiger partial charge in [0.25, 0.3) is 0 Å². The normalized spacial score (nSPS) is 19.8. The topological polar surface area (TPSA) is 65.5 Å². The van der Waals surface area contributed by atoms with Gasteiger partial charge in [-0.05, 0) is 72.9 Å². The van der Waals surface area contributed by atoms with Crippen molar-refractivity contribution in [2.24, 2.45) is 0 Å². The highest BCUT2D eigenvalue weighted by atomic mass is 19.3. The predicted octanol–water partition coefficient (Wildman–Crippen LogP) is 4.47. The number of rotatable bonds is 5. The summed E-state index contributed by atoms with van der Waals surface area (Å²) in [6.45, 7) is 1.93. The number of allylic oxidation sites excluding steroid dienone is 4. The second kappa shape index (κ2) is 6.83. The van der Waals surface area contributed by atoms with Crippen molar-refractivity contribution in [3.63, 3.8) is 0 Å². The number of fused-ring (bicyclic) bond motifs is 1. The van der Waals surface area contributed by atoms with Crippen LogP contribution in [0.5, 0.6) is 11.5 Å². The van der Waals surface area contributed by atoms with Gasteiger partial charge in [0.1, 0.15) is 5.78 Å². The summed E-state index contributed by atoms with van der Waals surface area (Å²) in [6, 6.07) is 8.34. The zero-order chi connectivity index (χ0) is 21.8. The number of carbonyl (C=O) groups is 2. The standard InChI is InChI=1S/C24H19F2NO4/c1-14-10-17(27-19(11-14)15-2-5-18(28)6-3-15)13-22(29)23(8-9-23)16-4-7-20-21(12-16)31-24(25,26)30-20/h2-5,7,10-12H,6,8-9,13H2,1H3. The third-order valence-corrected chi connectivity index (χ3v) is 5.87. The van der Waals surface area contributed by atoms with Gasteiger partial charge in [0.15, 0.2) is 17.3 Å². The molecule has 1 saturated carbocycles. The molecule has 1 aliphatic heterocycles. The van der Waals surface area contributed by atoms with Crippen LogP contribution in [0.1, 0.15) is 41.8 Å². The van der Waals surface area contributed by atoms with Crippen molar-refractivity contribution in [1.82, 2.24) is 4.98 Å². The molecular weight excluding hydrogens is 404 g/mol. The molecule has 2 aliphatic carbocycles. The average molecular weight is 423 g/mol. The predicted molar refractivity (Wildman–Crippen MR) is 108 cm³/mol. The molecule has 5 rings (SSSR count). The van der Waals surface area contributed by atoms with Gasteiger partial charge in [-0.2, -0.15) is 0 Å². The molecule has 5 nitrogen and oxygen atoms in total. The molecule has 1 aromatic carbocycles. The third-order valence-electron chi connectivity index (χ3n) is 5.87. The summed E-state index contributed by atoms with van der Waals surface area (Å²) in [5.41, 5.74) is 3.13. The molecule has 0 N–H and O–H groups in total. The number of aromatic nitrogens is 1. The Kier molecular flexibility index (Phi) is 4.32. The first-order valence-corrected chi connectivity index (χ1v) is 10.1. The Hall–Kier alpha value is -3.35. The van der Waals surface area contributed by atoms with Crippen molar-refractivity contribution in [3.8, 4) is 11.5 Å². The molecule has 0 saturated heterocycles. The number of carbonyl (C=O) groups excluding carboxylic acids is 2. The first-order chi connectivity index (χ1) is 14.7. The van der Waals surface area contributed by atoms with E-state index >= 15 is 0 Å². The van der Waals surface area contributed by atoms with E-state index < -0.39 is 11.7 Å². The largest absolute Gasteiger partial charge is 0.586 e. The van der Waals surface area contributed by atoms with Gasteiger partial charge < -0.3 is 9.47 Å². The van der Waals surface area contributed by atoms with Gasteiger partial charge in [0.05, 0.1) is 11.1 Å². The quantitative estimate of drug-likeness (QED) is 0.710. The third kappa shape index (κ3) is 3.65. The fourth-order valence-electron chi connectivity index (χ4n) is 4.13. The summed E-state index contributed by atoms with van der Waals surface area (Å²) in [6.07, 6.45) is 3.19. The van der Waals surface area contributed by atoms with Gasteiger partial charge in [0.2, 0.25) is 0 Å². The molecule has 0 spiro atoms. The maximum Gasteiger partial charge on any atom is 0.586 e. The minimum Gasteiger partial charge on any atom is -0.395 e. The summed E-state index contributed by atoms with van der Waals surface area (Å²) in [4.78, 5) is 29.3. The monoisotopic (exact) mass is 423 g/mol. The fourth-order valence-corrected chi connectivity index (χ4v) is 4.13. The van der Waals surface area contributed by atoms with E-state index in [0.29, 0.717) is 30.5 Å². The van der Waals surface area contributed by atoms with Crippen LogP contribution in [0.2, 0.25) is 0 Å². The SMILES string of the molecule is Cc1cc(CC(=O)C2(c3ccc4c(c3)OC(F)(F)O4)CC2)nc(C2=CCC(=O)C=C2)c1. The Balaban J connectivity index is 1.39. The summed E-state index contributed by atoms with van der Waals surface area (Å²) in [7, 11) is 0. The van der Waals surface area contributed by atoms with Gasteiger partial charge in [0, 0.05) is 18.5 Å². The van der Waals surface area contributed by atoms with Crippen LogP contribution in [0.25, 0.3) is 5.57 Å². The van der Waals surface area contributed by atoms with Crippen LogP contribution >= 0.6 is 0 Å². The Morgan fingerprint density at radius 3 is 2.58 bits per heavy atom. The Morgan fingerprint density at radius 1 is 1.10 bits per heavy atom. The van der Waals surface area contributed by atoms with E-state index in [9.17, 15) is 18.4 Å². The summed E-state index contributed by atoms with van der Waals surface area (Å²) >= 11 is 0. The van der Waals surface area contributed by atoms with Crippen LogP contribution in [0.3, 0.4) is 0 Å². The Labute approximate surface area is 177 Å². The average Bonchev–Trinajstić information content (AvgIpc) is 3.45. The lowest BCUT2D eigenvalue weighted by molar-refractivity contribution is -0.286. The molecule has 0 radical (unpaired) electrons. The molecule has 2 heterocycles. The molecule has 1 fully saturated rings. The van der Waals surface area contributed by atoms with Crippen LogP contribution in [0, 0.1) is 6.92 Å². The van der Waals surface area contributed by atoms with E-state index in [0.717, 1.165) is 16.8 Å². The number of benzene rings is 1. The lowest BCUT2D eigenvalue weighted by Crippen LogP contribution is -2.26. The van der Waals surface area contributed by atoms with Crippen molar-refractivity contribution in [1.29, 1.82) is 0 Å². The van der Waals surface area contributed by atoms with E-state index in [1.807, 2.05) is 25.1 Å². The van der Waals surface area contributed by atoms with E-state index in [4.69, 9.17) is 0 Å². The maximum atomic E-state index is 13.3. The number of Topliss-reactive ketones (excluding diaryl/α,β-unsaturated/α-hetero) is 1. The van der Waals surface area contributed by atoms with E-state index in [1.165, 1.54) is 18.2 Å². The molecule has 2 aromatic rings. The highest BCUT2D eigenvalue weighted by molar-refractivity contribution is 5.98. The number of hydrogen-bond acceptors (Lipinski definition) is 5. The molecule has 31 heavy (non-hydrogen) atoms. The lowest BCUT2D eigenvalue weighted by atomic mass is 9.88. The zero-order valence-corrected chi connectivity index (χ0v) is 16.8. The Morgan fingerprint density at radius 2 is 1.87 bits per heavy atom. The number of pyridine rings is 1. The van der Waals surface area contributed by atoms with E-state index in [-0.39, 0.29) is 29.5 Å². The second-order valence-corrected chi connectivity index (χ2v) is 8.20. The molecule has 7 heteroatoms. The first-order valence-electron chi connectivity index (χ1n) is 10.1. The summed E-state index contributed by atoms with van der Waals surface area (Å²) in [5.74, 6) is -0.0492. The number of aryl methyl sites for hydroxylation is 1. The fraction of sp³-hybridized carbons (Fsp3) is 0.292. The number of nitrogens with zero attached hydrogens (tertiary/aromatic N) is 1. The van der Waals surface area contributed by atoms with Gasteiger partial charge in [-0.15, -0.1) is 8.78 Å².